The number of rotatable bonds is 5. The van der Waals surface area contributed by atoms with Gasteiger partial charge in [0.05, 0.1) is 0 Å². The number of carboxylic acids is 1. The molecule has 94 valence electrons. The minimum atomic E-state index is -0.749. The Labute approximate surface area is 103 Å². The van der Waals surface area contributed by atoms with E-state index in [4.69, 9.17) is 5.11 Å². The summed E-state index contributed by atoms with van der Waals surface area (Å²) in [5, 5.41) is 9.12. The molecule has 1 aromatic carbocycles. The van der Waals surface area contributed by atoms with Crippen molar-refractivity contribution < 1.29 is 9.90 Å². The normalized spacial score (nSPS) is 12.8. The first-order valence-corrected chi connectivity index (χ1v) is 5.95. The van der Waals surface area contributed by atoms with Crippen LogP contribution in [-0.4, -0.2) is 29.1 Å². The Kier molecular flexibility index (Phi) is 4.70. The van der Waals surface area contributed by atoms with E-state index in [1.807, 2.05) is 24.9 Å². The van der Waals surface area contributed by atoms with Gasteiger partial charge in [-0.15, -0.1) is 0 Å². The third-order valence-electron chi connectivity index (χ3n) is 3.26. The number of benzene rings is 1. The van der Waals surface area contributed by atoms with Crippen LogP contribution in [0.4, 0.5) is 0 Å². The van der Waals surface area contributed by atoms with Crippen LogP contribution in [-0.2, 0) is 11.3 Å². The predicted molar refractivity (Wildman–Crippen MR) is 69.1 cm³/mol. The van der Waals surface area contributed by atoms with E-state index in [0.717, 1.165) is 0 Å². The molecule has 17 heavy (non-hydrogen) atoms. The summed E-state index contributed by atoms with van der Waals surface area (Å²) in [6.45, 7) is 6.72. The van der Waals surface area contributed by atoms with Crippen molar-refractivity contribution in [2.75, 3.05) is 7.05 Å². The summed E-state index contributed by atoms with van der Waals surface area (Å²) >= 11 is 0. The minimum absolute atomic E-state index is 0.408. The van der Waals surface area contributed by atoms with E-state index in [1.165, 1.54) is 16.7 Å². The van der Waals surface area contributed by atoms with Crippen molar-refractivity contribution in [1.29, 1.82) is 0 Å². The van der Waals surface area contributed by atoms with Gasteiger partial charge in [-0.25, -0.2) is 0 Å². The first kappa shape index (κ1) is 13.7. The molecule has 0 amide bonds. The van der Waals surface area contributed by atoms with E-state index in [-0.39, 0.29) is 0 Å². The zero-order chi connectivity index (χ0) is 13.0. The molecule has 1 unspecified atom stereocenters. The number of nitrogens with zero attached hydrogens (tertiary/aromatic N) is 1. The molecule has 0 radical (unpaired) electrons. The lowest BCUT2D eigenvalue weighted by atomic mass is 10.0. The molecule has 0 aromatic heterocycles. The smallest absolute Gasteiger partial charge is 0.320 e. The highest BCUT2D eigenvalue weighted by atomic mass is 16.4. The van der Waals surface area contributed by atoms with Gasteiger partial charge in [-0.1, -0.05) is 25.1 Å². The van der Waals surface area contributed by atoms with Gasteiger partial charge in [-0.3, -0.25) is 9.69 Å². The molecular formula is C14H21NO2. The van der Waals surface area contributed by atoms with Crippen LogP contribution in [0, 0.1) is 13.8 Å². The Morgan fingerprint density at radius 1 is 1.35 bits per heavy atom. The molecule has 0 spiro atoms. The second-order valence-corrected chi connectivity index (χ2v) is 4.55. The molecule has 0 bridgehead atoms. The molecule has 0 heterocycles. The number of carbonyl (C=O) groups is 1. The zero-order valence-corrected chi connectivity index (χ0v) is 11.0. The van der Waals surface area contributed by atoms with Gasteiger partial charge in [0.15, 0.2) is 0 Å². The second kappa shape index (κ2) is 5.82. The Balaban J connectivity index is 2.87. The molecule has 0 saturated carbocycles. The van der Waals surface area contributed by atoms with Gasteiger partial charge in [-0.05, 0) is 44.0 Å². The highest BCUT2D eigenvalue weighted by molar-refractivity contribution is 5.73. The molecule has 1 aromatic rings. The van der Waals surface area contributed by atoms with Crippen molar-refractivity contribution in [1.82, 2.24) is 4.90 Å². The Morgan fingerprint density at radius 2 is 1.88 bits per heavy atom. The Morgan fingerprint density at radius 3 is 2.29 bits per heavy atom. The van der Waals surface area contributed by atoms with Crippen LogP contribution >= 0.6 is 0 Å². The quantitative estimate of drug-likeness (QED) is 0.852. The third kappa shape index (κ3) is 3.30. The third-order valence-corrected chi connectivity index (χ3v) is 3.26. The van der Waals surface area contributed by atoms with Crippen LogP contribution in [0.1, 0.15) is 30.0 Å². The molecule has 3 nitrogen and oxygen atoms in total. The van der Waals surface area contributed by atoms with Gasteiger partial charge < -0.3 is 5.11 Å². The highest BCUT2D eigenvalue weighted by Crippen LogP contribution is 2.17. The van der Waals surface area contributed by atoms with Gasteiger partial charge in [0, 0.05) is 6.54 Å². The Hall–Kier alpha value is -1.35. The van der Waals surface area contributed by atoms with Crippen molar-refractivity contribution in [2.45, 2.75) is 39.8 Å². The van der Waals surface area contributed by atoms with Gasteiger partial charge in [0.25, 0.3) is 0 Å². The number of carboxylic acid groups (broad SMARTS) is 1. The van der Waals surface area contributed by atoms with Crippen molar-refractivity contribution in [2.24, 2.45) is 0 Å². The number of aliphatic carboxylic acids is 1. The van der Waals surface area contributed by atoms with E-state index in [0.29, 0.717) is 13.0 Å². The van der Waals surface area contributed by atoms with Gasteiger partial charge in [0.1, 0.15) is 6.04 Å². The zero-order valence-electron chi connectivity index (χ0n) is 11.0. The minimum Gasteiger partial charge on any atom is -0.480 e. The molecule has 0 fully saturated rings. The van der Waals surface area contributed by atoms with Crippen molar-refractivity contribution in [3.05, 3.63) is 34.9 Å². The van der Waals surface area contributed by atoms with Gasteiger partial charge >= 0.3 is 5.97 Å². The van der Waals surface area contributed by atoms with E-state index in [9.17, 15) is 4.79 Å². The molecule has 1 rings (SSSR count). The largest absolute Gasteiger partial charge is 0.480 e. The molecule has 0 saturated heterocycles. The van der Waals surface area contributed by atoms with Crippen LogP contribution in [0.25, 0.3) is 0 Å². The summed E-state index contributed by atoms with van der Waals surface area (Å²) in [5.74, 6) is -0.749. The predicted octanol–water partition coefficient (Wildman–Crippen LogP) is 2.60. The lowest BCUT2D eigenvalue weighted by Gasteiger charge is -2.25. The van der Waals surface area contributed by atoms with Crippen molar-refractivity contribution >= 4 is 5.97 Å². The van der Waals surface area contributed by atoms with E-state index in [2.05, 4.69) is 26.0 Å². The van der Waals surface area contributed by atoms with E-state index >= 15 is 0 Å². The second-order valence-electron chi connectivity index (χ2n) is 4.55. The van der Waals surface area contributed by atoms with Gasteiger partial charge in [0.2, 0.25) is 0 Å². The summed E-state index contributed by atoms with van der Waals surface area (Å²) in [5.41, 5.74) is 3.67. The molecule has 1 atom stereocenters. The lowest BCUT2D eigenvalue weighted by molar-refractivity contribution is -0.143. The van der Waals surface area contributed by atoms with Gasteiger partial charge in [-0.2, -0.15) is 0 Å². The monoisotopic (exact) mass is 235 g/mol. The molecule has 0 aliphatic heterocycles. The first-order chi connectivity index (χ1) is 7.97. The topological polar surface area (TPSA) is 40.5 Å². The number of aryl methyl sites for hydroxylation is 2. The SMILES string of the molecule is CCC(C(=O)O)N(C)Cc1c(C)cccc1C. The molecule has 3 heteroatoms. The van der Waals surface area contributed by atoms with Crippen molar-refractivity contribution in [3.63, 3.8) is 0 Å². The van der Waals surface area contributed by atoms with Crippen molar-refractivity contribution in [3.8, 4) is 0 Å². The van der Waals surface area contributed by atoms with Crippen LogP contribution in [0.5, 0.6) is 0 Å². The fourth-order valence-corrected chi connectivity index (χ4v) is 2.13. The highest BCUT2D eigenvalue weighted by Gasteiger charge is 2.21. The van der Waals surface area contributed by atoms with Crippen LogP contribution in [0.2, 0.25) is 0 Å². The molecule has 0 aliphatic carbocycles. The first-order valence-electron chi connectivity index (χ1n) is 5.95. The fraction of sp³-hybridized carbons (Fsp3) is 0.500. The molecular weight excluding hydrogens is 214 g/mol. The summed E-state index contributed by atoms with van der Waals surface area (Å²) in [7, 11) is 1.87. The van der Waals surface area contributed by atoms with Crippen LogP contribution in [0.3, 0.4) is 0 Å². The van der Waals surface area contributed by atoms with Crippen LogP contribution < -0.4 is 0 Å². The maximum absolute atomic E-state index is 11.1. The summed E-state index contributed by atoms with van der Waals surface area (Å²) in [6, 6.07) is 5.76. The molecule has 0 aliphatic rings. The van der Waals surface area contributed by atoms with E-state index < -0.39 is 12.0 Å². The fourth-order valence-electron chi connectivity index (χ4n) is 2.13. The molecule has 1 N–H and O–H groups in total. The van der Waals surface area contributed by atoms with E-state index in [1.54, 1.807) is 0 Å². The summed E-state index contributed by atoms with van der Waals surface area (Å²) in [4.78, 5) is 13.0. The average molecular weight is 235 g/mol. The lowest BCUT2D eigenvalue weighted by Crippen LogP contribution is -2.37. The number of hydrogen-bond donors (Lipinski definition) is 1. The maximum Gasteiger partial charge on any atom is 0.320 e. The summed E-state index contributed by atoms with van der Waals surface area (Å²) < 4.78 is 0. The number of hydrogen-bond acceptors (Lipinski definition) is 2. The number of likely N-dealkylation sites (N-methyl/N-ethyl adjacent to an activating group) is 1. The average Bonchev–Trinajstić information content (AvgIpc) is 2.24. The standard InChI is InChI=1S/C14H21NO2/c1-5-13(14(16)17)15(4)9-12-10(2)7-6-8-11(12)3/h6-8,13H,5,9H2,1-4H3,(H,16,17). The Bertz CT molecular complexity index is 381. The summed E-state index contributed by atoms with van der Waals surface area (Å²) in [6.07, 6.45) is 0.622. The maximum atomic E-state index is 11.1. The van der Waals surface area contributed by atoms with Crippen LogP contribution in [0.15, 0.2) is 18.2 Å².